The van der Waals surface area contributed by atoms with Crippen molar-refractivity contribution in [3.05, 3.63) is 95.5 Å². The highest BCUT2D eigenvalue weighted by Crippen LogP contribution is 2.27. The number of nitrogens with zero attached hydrogens (tertiary/aromatic N) is 2. The molecule has 0 atom stereocenters. The summed E-state index contributed by atoms with van der Waals surface area (Å²) in [6.07, 6.45) is -2.57. The Morgan fingerprint density at radius 2 is 1.59 bits per heavy atom. The van der Waals surface area contributed by atoms with Crippen LogP contribution in [-0.2, 0) is 9.59 Å². The first kappa shape index (κ1) is 28.8. The second kappa shape index (κ2) is 12.7. The molecule has 4 rings (SSSR count). The number of carbonyl (C=O) groups excluding carboxylic acids is 3. The molecule has 210 valence electrons. The van der Waals surface area contributed by atoms with Crippen LogP contribution in [0.2, 0.25) is 0 Å². The van der Waals surface area contributed by atoms with E-state index in [1.807, 2.05) is 0 Å². The Labute approximate surface area is 234 Å². The van der Waals surface area contributed by atoms with Gasteiger partial charge in [0.25, 0.3) is 12.3 Å². The fourth-order valence-corrected chi connectivity index (χ4v) is 4.06. The molecule has 4 aromatic rings. The number of amides is 3. The van der Waals surface area contributed by atoms with Crippen LogP contribution in [0.1, 0.15) is 36.3 Å². The zero-order chi connectivity index (χ0) is 29.5. The number of aromatic amines is 1. The fraction of sp³-hybridized carbons (Fsp3) is 0.200. The number of alkyl halides is 2. The van der Waals surface area contributed by atoms with Crippen LogP contribution < -0.4 is 15.4 Å². The molecule has 0 radical (unpaired) electrons. The zero-order valence-electron chi connectivity index (χ0n) is 22.3. The third-order valence-electron chi connectivity index (χ3n) is 5.90. The van der Waals surface area contributed by atoms with Gasteiger partial charge in [-0.2, -0.15) is 0 Å². The van der Waals surface area contributed by atoms with Crippen LogP contribution in [-0.4, -0.2) is 46.7 Å². The van der Waals surface area contributed by atoms with Crippen molar-refractivity contribution in [2.24, 2.45) is 0 Å². The van der Waals surface area contributed by atoms with E-state index in [2.05, 4.69) is 20.5 Å². The number of benzene rings is 3. The van der Waals surface area contributed by atoms with Gasteiger partial charge in [0.1, 0.15) is 30.3 Å². The van der Waals surface area contributed by atoms with Gasteiger partial charge in [0.2, 0.25) is 17.5 Å². The highest BCUT2D eigenvalue weighted by atomic mass is 19.3. The fourth-order valence-electron chi connectivity index (χ4n) is 4.06. The Balaban J connectivity index is 1.45. The largest absolute Gasteiger partial charge is 0.457 e. The van der Waals surface area contributed by atoms with E-state index < -0.39 is 30.7 Å². The number of carbonyl (C=O) groups is 3. The average Bonchev–Trinajstić information content (AvgIpc) is 3.38. The predicted octanol–water partition coefficient (Wildman–Crippen LogP) is 6.05. The predicted molar refractivity (Wildman–Crippen MR) is 150 cm³/mol. The molecule has 0 aliphatic rings. The standard InChI is InChI=1S/C30H27F2N5O4/c1-18(2)34-26(38)16-37(30(40)25-15-20-5-4-6-24(33-3)28(20)36-25)17-27(39)35-21-9-13-23(14-10-21)41-22-11-7-19(8-12-22)29(31)32/h4-15,18,29,36H,16-17H2,1-2H3,(H,34,38)(H,35,39). The van der Waals surface area contributed by atoms with E-state index >= 15 is 0 Å². The number of hydrogen-bond acceptors (Lipinski definition) is 4. The molecule has 0 bridgehead atoms. The summed E-state index contributed by atoms with van der Waals surface area (Å²) < 4.78 is 31.1. The highest BCUT2D eigenvalue weighted by molar-refractivity contribution is 6.04. The van der Waals surface area contributed by atoms with E-state index in [9.17, 15) is 23.2 Å². The Kier molecular flexibility index (Phi) is 8.94. The van der Waals surface area contributed by atoms with Crippen molar-refractivity contribution >= 4 is 40.0 Å². The molecule has 41 heavy (non-hydrogen) atoms. The van der Waals surface area contributed by atoms with Crippen LogP contribution in [0.5, 0.6) is 11.5 Å². The Hall–Kier alpha value is -5.24. The molecule has 1 aromatic heterocycles. The summed E-state index contributed by atoms with van der Waals surface area (Å²) in [6.45, 7) is 10.1. The summed E-state index contributed by atoms with van der Waals surface area (Å²) in [4.78, 5) is 46.4. The smallest absolute Gasteiger partial charge is 0.271 e. The first-order chi connectivity index (χ1) is 19.6. The summed E-state index contributed by atoms with van der Waals surface area (Å²) in [5, 5.41) is 6.07. The van der Waals surface area contributed by atoms with Gasteiger partial charge in [-0.05, 0) is 73.8 Å². The lowest BCUT2D eigenvalue weighted by Crippen LogP contribution is -2.45. The Bertz CT molecular complexity index is 1590. The van der Waals surface area contributed by atoms with Gasteiger partial charge in [-0.25, -0.2) is 13.6 Å². The van der Waals surface area contributed by atoms with Crippen molar-refractivity contribution in [2.45, 2.75) is 26.3 Å². The van der Waals surface area contributed by atoms with Crippen LogP contribution in [0.3, 0.4) is 0 Å². The maximum absolute atomic E-state index is 13.4. The number of ether oxygens (including phenoxy) is 1. The van der Waals surface area contributed by atoms with Gasteiger partial charge >= 0.3 is 0 Å². The number of rotatable bonds is 10. The van der Waals surface area contributed by atoms with Crippen molar-refractivity contribution in [3.8, 4) is 11.5 Å². The van der Waals surface area contributed by atoms with Crippen LogP contribution in [0.25, 0.3) is 15.7 Å². The second-order valence-electron chi connectivity index (χ2n) is 9.46. The molecule has 0 aliphatic heterocycles. The number of aromatic nitrogens is 1. The molecule has 0 aliphatic carbocycles. The van der Waals surface area contributed by atoms with Gasteiger partial charge in [0.15, 0.2) is 0 Å². The molecule has 0 saturated heterocycles. The number of halogens is 2. The third kappa shape index (κ3) is 7.45. The van der Waals surface area contributed by atoms with Crippen molar-refractivity contribution < 1.29 is 27.9 Å². The Morgan fingerprint density at radius 1 is 0.951 bits per heavy atom. The van der Waals surface area contributed by atoms with E-state index in [0.29, 0.717) is 33.8 Å². The summed E-state index contributed by atoms with van der Waals surface area (Å²) in [5.41, 5.74) is 1.29. The molecule has 0 saturated carbocycles. The first-order valence-corrected chi connectivity index (χ1v) is 12.7. The molecule has 0 unspecified atom stereocenters. The average molecular weight is 560 g/mol. The number of fused-ring (bicyclic) bond motifs is 1. The lowest BCUT2D eigenvalue weighted by atomic mass is 10.2. The first-order valence-electron chi connectivity index (χ1n) is 12.7. The normalized spacial score (nSPS) is 10.9. The molecule has 1 heterocycles. The molecule has 0 fully saturated rings. The number of anilines is 1. The number of nitrogens with one attached hydrogen (secondary N) is 3. The lowest BCUT2D eigenvalue weighted by Gasteiger charge is -2.22. The van der Waals surface area contributed by atoms with E-state index in [4.69, 9.17) is 11.3 Å². The number of para-hydroxylation sites is 1. The number of H-pyrrole nitrogens is 1. The van der Waals surface area contributed by atoms with Gasteiger partial charge in [0.05, 0.1) is 12.1 Å². The summed E-state index contributed by atoms with van der Waals surface area (Å²) in [7, 11) is 0. The van der Waals surface area contributed by atoms with Gasteiger partial charge in [0, 0.05) is 17.3 Å². The van der Waals surface area contributed by atoms with Crippen LogP contribution in [0, 0.1) is 6.57 Å². The van der Waals surface area contributed by atoms with Crippen molar-refractivity contribution in [2.75, 3.05) is 18.4 Å². The summed E-state index contributed by atoms with van der Waals surface area (Å²) >= 11 is 0. The van der Waals surface area contributed by atoms with Crippen LogP contribution in [0.15, 0.2) is 72.8 Å². The quantitative estimate of drug-likeness (QED) is 0.206. The van der Waals surface area contributed by atoms with Crippen molar-refractivity contribution in [3.63, 3.8) is 0 Å². The second-order valence-corrected chi connectivity index (χ2v) is 9.46. The van der Waals surface area contributed by atoms with E-state index in [1.54, 1.807) is 62.4 Å². The maximum Gasteiger partial charge on any atom is 0.271 e. The van der Waals surface area contributed by atoms with E-state index in [1.165, 1.54) is 24.3 Å². The third-order valence-corrected chi connectivity index (χ3v) is 5.90. The van der Waals surface area contributed by atoms with E-state index in [-0.39, 0.29) is 23.8 Å². The number of hydrogen-bond donors (Lipinski definition) is 3. The van der Waals surface area contributed by atoms with Gasteiger partial charge in [-0.1, -0.05) is 18.2 Å². The minimum Gasteiger partial charge on any atom is -0.457 e. The summed E-state index contributed by atoms with van der Waals surface area (Å²) in [6, 6.07) is 18.3. The molecule has 3 amide bonds. The zero-order valence-corrected chi connectivity index (χ0v) is 22.3. The van der Waals surface area contributed by atoms with Crippen LogP contribution in [0.4, 0.5) is 20.2 Å². The highest BCUT2D eigenvalue weighted by Gasteiger charge is 2.24. The van der Waals surface area contributed by atoms with Crippen molar-refractivity contribution in [1.29, 1.82) is 0 Å². The minimum atomic E-state index is -2.57. The van der Waals surface area contributed by atoms with E-state index in [0.717, 1.165) is 4.90 Å². The lowest BCUT2D eigenvalue weighted by molar-refractivity contribution is -0.123. The van der Waals surface area contributed by atoms with Crippen LogP contribution >= 0.6 is 0 Å². The Morgan fingerprint density at radius 3 is 2.20 bits per heavy atom. The van der Waals surface area contributed by atoms with Crippen molar-refractivity contribution in [1.82, 2.24) is 15.2 Å². The maximum atomic E-state index is 13.4. The van der Waals surface area contributed by atoms with Gasteiger partial charge in [-0.3, -0.25) is 14.4 Å². The molecule has 11 heteroatoms. The minimum absolute atomic E-state index is 0.109. The monoisotopic (exact) mass is 559 g/mol. The molecule has 0 spiro atoms. The van der Waals surface area contributed by atoms with Gasteiger partial charge in [-0.15, -0.1) is 0 Å². The molecule has 3 N–H and O–H groups in total. The molecular formula is C30H27F2N5O4. The van der Waals surface area contributed by atoms with Gasteiger partial charge < -0.3 is 25.3 Å². The SMILES string of the molecule is [C-]#[N+]c1cccc2cc(C(=O)N(CC(=O)Nc3ccc(Oc4ccc(C(F)F)cc4)cc3)CC(=O)NC(C)C)[nH]c12. The summed E-state index contributed by atoms with van der Waals surface area (Å²) in [5.74, 6) is -0.743. The molecule has 3 aromatic carbocycles. The molecular weight excluding hydrogens is 532 g/mol. The topological polar surface area (TPSA) is 108 Å². The molecule has 9 nitrogen and oxygen atoms in total.